The summed E-state index contributed by atoms with van der Waals surface area (Å²) in [4.78, 5) is 22.7. The molecule has 150 valence electrons. The average molecular weight is 485 g/mol. The number of hydrogen-bond donors (Lipinski definition) is 4. The third-order valence-corrected chi connectivity index (χ3v) is 5.37. The van der Waals surface area contributed by atoms with Gasteiger partial charge in [-0.15, -0.1) is 0 Å². The Labute approximate surface area is 184 Å². The van der Waals surface area contributed by atoms with Crippen LogP contribution in [-0.2, 0) is 0 Å². The number of imidazole rings is 1. The van der Waals surface area contributed by atoms with E-state index in [1.165, 1.54) is 12.3 Å². The van der Waals surface area contributed by atoms with Gasteiger partial charge in [-0.25, -0.2) is 4.98 Å². The molecule has 0 saturated heterocycles. The first-order valence-corrected chi connectivity index (χ1v) is 10.1. The number of aromatic amines is 2. The highest BCUT2D eigenvalue weighted by Gasteiger charge is 2.17. The van der Waals surface area contributed by atoms with Crippen LogP contribution in [0.15, 0.2) is 57.9 Å². The lowest BCUT2D eigenvalue weighted by atomic mass is 10.1. The van der Waals surface area contributed by atoms with E-state index in [0.29, 0.717) is 33.1 Å². The first-order chi connectivity index (χ1) is 14.5. The van der Waals surface area contributed by atoms with Gasteiger partial charge in [0.15, 0.2) is 0 Å². The summed E-state index contributed by atoms with van der Waals surface area (Å²) in [6.07, 6.45) is 0.737. The smallest absolute Gasteiger partial charge is 0.261 e. The largest absolute Gasteiger partial charge is 0.387 e. The second-order valence-electron chi connectivity index (χ2n) is 6.60. The highest BCUT2D eigenvalue weighted by Crippen LogP contribution is 2.29. The number of halogens is 2. The van der Waals surface area contributed by atoms with Gasteiger partial charge in [0.05, 0.1) is 34.0 Å². The van der Waals surface area contributed by atoms with E-state index in [9.17, 15) is 9.90 Å². The van der Waals surface area contributed by atoms with Gasteiger partial charge in [-0.2, -0.15) is 5.26 Å². The first kappa shape index (κ1) is 20.2. The Balaban J connectivity index is 1.69. The number of hydrogen-bond acceptors (Lipinski definition) is 5. The Hall–Kier alpha value is -3.12. The Morgan fingerprint density at radius 2 is 2.13 bits per heavy atom. The summed E-state index contributed by atoms with van der Waals surface area (Å²) in [5.41, 5.74) is 2.58. The van der Waals surface area contributed by atoms with Crippen molar-refractivity contribution in [1.82, 2.24) is 15.0 Å². The summed E-state index contributed by atoms with van der Waals surface area (Å²) in [5, 5.41) is 23.1. The van der Waals surface area contributed by atoms with Crippen molar-refractivity contribution < 1.29 is 5.11 Å². The van der Waals surface area contributed by atoms with Crippen LogP contribution in [0.25, 0.3) is 22.4 Å². The maximum atomic E-state index is 12.6. The highest BCUT2D eigenvalue weighted by atomic mass is 79.9. The van der Waals surface area contributed by atoms with Crippen molar-refractivity contribution in [3.63, 3.8) is 0 Å². The van der Waals surface area contributed by atoms with Crippen LogP contribution in [0.3, 0.4) is 0 Å². The molecular formula is C21H15BrClN5O2. The fourth-order valence-corrected chi connectivity index (χ4v) is 3.84. The number of anilines is 1. The molecule has 7 nitrogen and oxygen atoms in total. The summed E-state index contributed by atoms with van der Waals surface area (Å²) >= 11 is 9.62. The number of rotatable bonds is 5. The average Bonchev–Trinajstić information content (AvgIpc) is 3.16. The van der Waals surface area contributed by atoms with Crippen molar-refractivity contribution in [2.24, 2.45) is 0 Å². The quantitative estimate of drug-likeness (QED) is 0.336. The van der Waals surface area contributed by atoms with Crippen LogP contribution in [0.4, 0.5) is 5.69 Å². The molecule has 0 radical (unpaired) electrons. The first-order valence-electron chi connectivity index (χ1n) is 8.95. The second kappa shape index (κ2) is 8.32. The van der Waals surface area contributed by atoms with Gasteiger partial charge in [0.1, 0.15) is 16.9 Å². The molecule has 4 N–H and O–H groups in total. The maximum absolute atomic E-state index is 12.6. The van der Waals surface area contributed by atoms with Gasteiger partial charge in [-0.05, 0) is 35.9 Å². The fraction of sp³-hybridized carbons (Fsp3) is 0.0952. The van der Waals surface area contributed by atoms with Crippen molar-refractivity contribution in [3.05, 3.63) is 79.6 Å². The van der Waals surface area contributed by atoms with Crippen molar-refractivity contribution in [3.8, 4) is 17.5 Å². The van der Waals surface area contributed by atoms with Crippen LogP contribution in [0.5, 0.6) is 0 Å². The zero-order valence-electron chi connectivity index (χ0n) is 15.4. The minimum absolute atomic E-state index is 0.187. The van der Waals surface area contributed by atoms with E-state index in [2.05, 4.69) is 36.2 Å². The van der Waals surface area contributed by atoms with Gasteiger partial charge in [0.2, 0.25) is 0 Å². The molecule has 9 heteroatoms. The van der Waals surface area contributed by atoms with Crippen molar-refractivity contribution in [2.45, 2.75) is 6.10 Å². The van der Waals surface area contributed by atoms with Gasteiger partial charge in [-0.3, -0.25) is 4.79 Å². The molecule has 30 heavy (non-hydrogen) atoms. The van der Waals surface area contributed by atoms with Crippen LogP contribution in [0, 0.1) is 11.3 Å². The summed E-state index contributed by atoms with van der Waals surface area (Å²) in [6.45, 7) is 0.187. The molecule has 0 fully saturated rings. The Bertz CT molecular complexity index is 1340. The predicted molar refractivity (Wildman–Crippen MR) is 119 cm³/mol. The van der Waals surface area contributed by atoms with Crippen molar-refractivity contribution in [2.75, 3.05) is 11.9 Å². The number of pyridine rings is 1. The number of aromatic nitrogens is 3. The molecule has 4 aromatic rings. The lowest BCUT2D eigenvalue weighted by molar-refractivity contribution is 0.191. The molecule has 0 aliphatic heterocycles. The number of nitrogens with zero attached hydrogens (tertiary/aromatic N) is 2. The van der Waals surface area contributed by atoms with Crippen LogP contribution in [-0.4, -0.2) is 26.6 Å². The number of nitriles is 1. The van der Waals surface area contributed by atoms with E-state index in [0.717, 1.165) is 10.0 Å². The Morgan fingerprint density at radius 1 is 1.30 bits per heavy atom. The molecule has 0 amide bonds. The van der Waals surface area contributed by atoms with E-state index in [1.807, 2.05) is 30.3 Å². The van der Waals surface area contributed by atoms with Crippen LogP contribution < -0.4 is 10.9 Å². The second-order valence-corrected chi connectivity index (χ2v) is 7.92. The van der Waals surface area contributed by atoms with E-state index >= 15 is 0 Å². The van der Waals surface area contributed by atoms with Gasteiger partial charge in [0, 0.05) is 17.2 Å². The summed E-state index contributed by atoms with van der Waals surface area (Å²) in [7, 11) is 0. The number of aliphatic hydroxyl groups excluding tert-OH is 1. The zero-order valence-corrected chi connectivity index (χ0v) is 17.8. The molecule has 1 atom stereocenters. The van der Waals surface area contributed by atoms with Crippen molar-refractivity contribution in [1.29, 1.82) is 5.26 Å². The van der Waals surface area contributed by atoms with E-state index < -0.39 is 6.10 Å². The number of aliphatic hydroxyl groups is 1. The summed E-state index contributed by atoms with van der Waals surface area (Å²) in [5.74, 6) is 0.309. The molecule has 2 heterocycles. The molecule has 0 spiro atoms. The van der Waals surface area contributed by atoms with Gasteiger partial charge >= 0.3 is 0 Å². The molecule has 1 unspecified atom stereocenters. The third-order valence-electron chi connectivity index (χ3n) is 4.59. The molecule has 4 rings (SSSR count). The Morgan fingerprint density at radius 3 is 2.90 bits per heavy atom. The fourth-order valence-electron chi connectivity index (χ4n) is 3.16. The van der Waals surface area contributed by atoms with Crippen LogP contribution in [0.2, 0.25) is 5.02 Å². The number of benzene rings is 2. The third kappa shape index (κ3) is 3.96. The van der Waals surface area contributed by atoms with E-state index in [4.69, 9.17) is 16.9 Å². The number of H-pyrrole nitrogens is 2. The molecule has 0 aliphatic rings. The van der Waals surface area contributed by atoms with E-state index in [-0.39, 0.29) is 17.7 Å². The van der Waals surface area contributed by atoms with Crippen molar-refractivity contribution >= 4 is 44.3 Å². The molecule has 0 aliphatic carbocycles. The normalized spacial score (nSPS) is 11.9. The lowest BCUT2D eigenvalue weighted by Gasteiger charge is -2.15. The van der Waals surface area contributed by atoms with Gasteiger partial charge < -0.3 is 20.4 Å². The standard InChI is InChI=1S/C21H15BrClN5O2/c22-13-3-1-2-12(8-13)17(29)10-26-15-4-5-25-21(30)18(15)20-27-16-7-11(9-24)6-14(23)19(16)28-20/h1-8,17,29H,10H2,(H,27,28)(H2,25,26,30). The summed E-state index contributed by atoms with van der Waals surface area (Å²) in [6, 6.07) is 14.3. The molecule has 0 bridgehead atoms. The lowest BCUT2D eigenvalue weighted by Crippen LogP contribution is -2.17. The molecule has 0 saturated carbocycles. The van der Waals surface area contributed by atoms with Gasteiger partial charge in [0.25, 0.3) is 5.56 Å². The minimum atomic E-state index is -0.780. The zero-order chi connectivity index (χ0) is 21.3. The maximum Gasteiger partial charge on any atom is 0.261 e. The van der Waals surface area contributed by atoms with Crippen LogP contribution >= 0.6 is 27.5 Å². The number of nitrogens with one attached hydrogen (secondary N) is 3. The SMILES string of the molecule is N#Cc1cc(Cl)c2nc(-c3c(NCC(O)c4cccc(Br)c4)cc[nH]c3=O)[nH]c2c1. The Kier molecular flexibility index (Phi) is 5.59. The molecular weight excluding hydrogens is 470 g/mol. The molecule has 2 aromatic heterocycles. The monoisotopic (exact) mass is 483 g/mol. The summed E-state index contributed by atoms with van der Waals surface area (Å²) < 4.78 is 0.867. The number of fused-ring (bicyclic) bond motifs is 1. The minimum Gasteiger partial charge on any atom is -0.387 e. The van der Waals surface area contributed by atoms with E-state index in [1.54, 1.807) is 12.1 Å². The van der Waals surface area contributed by atoms with Crippen LogP contribution in [0.1, 0.15) is 17.2 Å². The topological polar surface area (TPSA) is 118 Å². The highest BCUT2D eigenvalue weighted by molar-refractivity contribution is 9.10. The molecule has 2 aromatic carbocycles. The van der Waals surface area contributed by atoms with Gasteiger partial charge in [-0.1, -0.05) is 39.7 Å². The predicted octanol–water partition coefficient (Wildman–Crippen LogP) is 4.35.